The number of benzene rings is 1. The second kappa shape index (κ2) is 7.72. The van der Waals surface area contributed by atoms with Crippen molar-refractivity contribution in [2.75, 3.05) is 12.4 Å². The summed E-state index contributed by atoms with van der Waals surface area (Å²) in [5.74, 6) is 0.0751. The van der Waals surface area contributed by atoms with Gasteiger partial charge in [0.2, 0.25) is 5.91 Å². The van der Waals surface area contributed by atoms with Crippen molar-refractivity contribution in [2.24, 2.45) is 0 Å². The Morgan fingerprint density at radius 1 is 1.31 bits per heavy atom. The Morgan fingerprint density at radius 3 is 2.81 bits per heavy atom. The van der Waals surface area contributed by atoms with Gasteiger partial charge in [0.05, 0.1) is 17.7 Å². The Kier molecular flexibility index (Phi) is 5.39. The molecule has 0 aliphatic heterocycles. The topological polar surface area (TPSA) is 73.2 Å². The molecule has 0 saturated heterocycles. The Balaban J connectivity index is 1.88. The Bertz CT molecular complexity index is 986. The van der Waals surface area contributed by atoms with Crippen LogP contribution in [-0.2, 0) is 4.79 Å². The molecular weight excluding hydrogens is 374 g/mol. The van der Waals surface area contributed by atoms with Crippen molar-refractivity contribution in [3.05, 3.63) is 63.2 Å². The Hall–Kier alpha value is -2.64. The zero-order valence-electron chi connectivity index (χ0n) is 14.1. The highest BCUT2D eigenvalue weighted by atomic mass is 35.5. The van der Waals surface area contributed by atoms with Gasteiger partial charge in [-0.3, -0.25) is 9.59 Å². The van der Waals surface area contributed by atoms with Crippen molar-refractivity contribution in [3.8, 4) is 16.3 Å². The fourth-order valence-electron chi connectivity index (χ4n) is 2.38. The summed E-state index contributed by atoms with van der Waals surface area (Å²) >= 11 is 7.49. The van der Waals surface area contributed by atoms with Gasteiger partial charge in [-0.2, -0.15) is 5.10 Å². The van der Waals surface area contributed by atoms with E-state index in [1.807, 2.05) is 17.5 Å². The van der Waals surface area contributed by atoms with E-state index in [0.29, 0.717) is 22.2 Å². The van der Waals surface area contributed by atoms with E-state index >= 15 is 0 Å². The van der Waals surface area contributed by atoms with Crippen molar-refractivity contribution in [3.63, 3.8) is 0 Å². The number of ether oxygens (including phenoxy) is 1. The molecule has 6 nitrogen and oxygen atoms in total. The third kappa shape index (κ3) is 3.79. The zero-order chi connectivity index (χ0) is 18.7. The summed E-state index contributed by atoms with van der Waals surface area (Å²) in [6.45, 7) is 1.61. The molecule has 0 spiro atoms. The largest absolute Gasteiger partial charge is 0.495 e. The summed E-state index contributed by atoms with van der Waals surface area (Å²) in [6, 6.07) is 11.0. The van der Waals surface area contributed by atoms with Crippen LogP contribution in [0.25, 0.3) is 10.6 Å². The summed E-state index contributed by atoms with van der Waals surface area (Å²) < 4.78 is 6.39. The molecule has 2 heterocycles. The molecular formula is C18H16ClN3O3S. The number of nitrogens with one attached hydrogen (secondary N) is 1. The number of anilines is 1. The van der Waals surface area contributed by atoms with Gasteiger partial charge in [-0.1, -0.05) is 17.7 Å². The maximum Gasteiger partial charge on any atom is 0.267 e. The van der Waals surface area contributed by atoms with E-state index in [2.05, 4.69) is 10.4 Å². The molecule has 0 radical (unpaired) electrons. The minimum atomic E-state index is -0.814. The van der Waals surface area contributed by atoms with E-state index in [4.69, 9.17) is 16.3 Å². The van der Waals surface area contributed by atoms with Crippen LogP contribution in [0.4, 0.5) is 5.69 Å². The van der Waals surface area contributed by atoms with E-state index in [1.165, 1.54) is 29.2 Å². The number of hydrogen-bond acceptors (Lipinski definition) is 5. The number of aromatic nitrogens is 2. The number of carbonyl (C=O) groups excluding carboxylic acids is 1. The van der Waals surface area contributed by atoms with Crippen molar-refractivity contribution in [1.29, 1.82) is 0 Å². The van der Waals surface area contributed by atoms with Gasteiger partial charge in [0.1, 0.15) is 17.5 Å². The first kappa shape index (κ1) is 18.2. The molecule has 1 aromatic carbocycles. The highest BCUT2D eigenvalue weighted by molar-refractivity contribution is 7.13. The molecule has 0 bridgehead atoms. The highest BCUT2D eigenvalue weighted by Crippen LogP contribution is 2.28. The SMILES string of the molecule is COc1ccc(Cl)cc1NC(=O)C(C)n1nc(-c2cccs2)ccc1=O. The van der Waals surface area contributed by atoms with E-state index in [-0.39, 0.29) is 5.56 Å². The van der Waals surface area contributed by atoms with Crippen LogP contribution < -0.4 is 15.6 Å². The van der Waals surface area contributed by atoms with Crippen molar-refractivity contribution in [1.82, 2.24) is 9.78 Å². The fraction of sp³-hybridized carbons (Fsp3) is 0.167. The van der Waals surface area contributed by atoms with Crippen molar-refractivity contribution < 1.29 is 9.53 Å². The average Bonchev–Trinajstić information content (AvgIpc) is 3.16. The second-order valence-corrected chi connectivity index (χ2v) is 6.87. The number of carbonyl (C=O) groups is 1. The molecule has 0 fully saturated rings. The molecule has 1 amide bonds. The van der Waals surface area contributed by atoms with Gasteiger partial charge >= 0.3 is 0 Å². The molecule has 3 rings (SSSR count). The van der Waals surface area contributed by atoms with Crippen molar-refractivity contribution in [2.45, 2.75) is 13.0 Å². The smallest absolute Gasteiger partial charge is 0.267 e. The van der Waals surface area contributed by atoms with Crippen LogP contribution in [0, 0.1) is 0 Å². The lowest BCUT2D eigenvalue weighted by atomic mass is 10.2. The number of amides is 1. The van der Waals surface area contributed by atoms with Gasteiger partial charge in [-0.05, 0) is 42.6 Å². The summed E-state index contributed by atoms with van der Waals surface area (Å²) in [7, 11) is 1.50. The van der Waals surface area contributed by atoms with Gasteiger partial charge in [0.25, 0.3) is 5.56 Å². The van der Waals surface area contributed by atoms with Gasteiger partial charge < -0.3 is 10.1 Å². The molecule has 1 unspecified atom stereocenters. The average molecular weight is 390 g/mol. The minimum absolute atomic E-state index is 0.356. The first-order valence-electron chi connectivity index (χ1n) is 7.77. The Morgan fingerprint density at radius 2 is 2.12 bits per heavy atom. The predicted octanol–water partition coefficient (Wildman–Crippen LogP) is 3.83. The molecule has 1 atom stereocenters. The normalized spacial score (nSPS) is 11.8. The summed E-state index contributed by atoms with van der Waals surface area (Å²) in [4.78, 5) is 25.7. The third-order valence-corrected chi connectivity index (χ3v) is 4.89. The van der Waals surface area contributed by atoms with Gasteiger partial charge in [0.15, 0.2) is 0 Å². The minimum Gasteiger partial charge on any atom is -0.495 e. The zero-order valence-corrected chi connectivity index (χ0v) is 15.7. The molecule has 26 heavy (non-hydrogen) atoms. The third-order valence-electron chi connectivity index (χ3n) is 3.76. The number of hydrogen-bond donors (Lipinski definition) is 1. The maximum absolute atomic E-state index is 12.6. The molecule has 3 aromatic rings. The van der Waals surface area contributed by atoms with E-state index in [1.54, 1.807) is 31.2 Å². The van der Waals surface area contributed by atoms with Crippen LogP contribution >= 0.6 is 22.9 Å². The molecule has 8 heteroatoms. The first-order valence-corrected chi connectivity index (χ1v) is 9.03. The summed E-state index contributed by atoms with van der Waals surface area (Å²) in [6.07, 6.45) is 0. The number of rotatable bonds is 5. The van der Waals surface area contributed by atoms with Gasteiger partial charge in [0, 0.05) is 11.1 Å². The standard InChI is InChI=1S/C18H16ClN3O3S/c1-11(18(24)20-14-10-12(19)5-7-15(14)25-2)22-17(23)8-6-13(21-22)16-4-3-9-26-16/h3-11H,1-2H3,(H,20,24). The van der Waals surface area contributed by atoms with E-state index in [9.17, 15) is 9.59 Å². The lowest BCUT2D eigenvalue weighted by Crippen LogP contribution is -2.33. The number of halogens is 1. The molecule has 0 saturated carbocycles. The fourth-order valence-corrected chi connectivity index (χ4v) is 3.25. The monoisotopic (exact) mass is 389 g/mol. The maximum atomic E-state index is 12.6. The van der Waals surface area contributed by atoms with Crippen LogP contribution in [0.2, 0.25) is 5.02 Å². The Labute approximate surface area is 159 Å². The van der Waals surface area contributed by atoms with Crippen LogP contribution in [-0.4, -0.2) is 22.8 Å². The van der Waals surface area contributed by atoms with Gasteiger partial charge in [-0.25, -0.2) is 4.68 Å². The van der Waals surface area contributed by atoms with Crippen LogP contribution in [0.3, 0.4) is 0 Å². The predicted molar refractivity (Wildman–Crippen MR) is 103 cm³/mol. The molecule has 0 aliphatic rings. The quantitative estimate of drug-likeness (QED) is 0.719. The van der Waals surface area contributed by atoms with Crippen molar-refractivity contribution >= 4 is 34.5 Å². The summed E-state index contributed by atoms with van der Waals surface area (Å²) in [5.41, 5.74) is 0.713. The molecule has 0 aliphatic carbocycles. The van der Waals surface area contributed by atoms with Crippen LogP contribution in [0.1, 0.15) is 13.0 Å². The summed E-state index contributed by atoms with van der Waals surface area (Å²) in [5, 5.41) is 9.46. The van der Waals surface area contributed by atoms with Gasteiger partial charge in [-0.15, -0.1) is 11.3 Å². The second-order valence-electron chi connectivity index (χ2n) is 5.49. The molecule has 1 N–H and O–H groups in total. The van der Waals surface area contributed by atoms with Crippen LogP contribution in [0.5, 0.6) is 5.75 Å². The number of thiophene rings is 1. The molecule has 2 aromatic heterocycles. The van der Waals surface area contributed by atoms with E-state index < -0.39 is 11.9 Å². The van der Waals surface area contributed by atoms with Crippen LogP contribution in [0.15, 0.2) is 52.6 Å². The number of methoxy groups -OCH3 is 1. The highest BCUT2D eigenvalue weighted by Gasteiger charge is 2.20. The van der Waals surface area contributed by atoms with E-state index in [0.717, 1.165) is 4.88 Å². The number of nitrogens with zero attached hydrogens (tertiary/aromatic N) is 2. The first-order chi connectivity index (χ1) is 12.5. The lowest BCUT2D eigenvalue weighted by molar-refractivity contribution is -0.119. The lowest BCUT2D eigenvalue weighted by Gasteiger charge is -2.16. The molecule has 134 valence electrons.